The van der Waals surface area contributed by atoms with Crippen molar-refractivity contribution >= 4 is 17.6 Å². The summed E-state index contributed by atoms with van der Waals surface area (Å²) in [5.41, 5.74) is 0.699. The Balaban J connectivity index is 1.54. The van der Waals surface area contributed by atoms with Crippen LogP contribution in [0.4, 0.5) is 5.69 Å². The van der Waals surface area contributed by atoms with Gasteiger partial charge in [-0.3, -0.25) is 9.59 Å². The Labute approximate surface area is 122 Å². The molecule has 0 unspecified atom stereocenters. The van der Waals surface area contributed by atoms with Gasteiger partial charge in [0.1, 0.15) is 11.9 Å². The molecule has 4 rings (SSSR count). The summed E-state index contributed by atoms with van der Waals surface area (Å²) in [4.78, 5) is 24.5. The summed E-state index contributed by atoms with van der Waals surface area (Å²) < 4.78 is 10.5. The quantitative estimate of drug-likeness (QED) is 0.861. The molecule has 1 amide bonds. The molecule has 5 atom stereocenters. The summed E-state index contributed by atoms with van der Waals surface area (Å²) in [7, 11) is 1.59. The third-order valence-electron chi connectivity index (χ3n) is 5.12. The summed E-state index contributed by atoms with van der Waals surface area (Å²) in [6, 6.07) is 7.26. The van der Waals surface area contributed by atoms with E-state index in [0.29, 0.717) is 11.4 Å². The van der Waals surface area contributed by atoms with E-state index < -0.39 is 0 Å². The van der Waals surface area contributed by atoms with Crippen LogP contribution in [0.25, 0.3) is 0 Å². The van der Waals surface area contributed by atoms with Crippen molar-refractivity contribution in [2.24, 2.45) is 23.7 Å². The molecule has 5 nitrogen and oxygen atoms in total. The molecular formula is C16H17NO4. The highest BCUT2D eigenvalue weighted by Gasteiger charge is 2.63. The van der Waals surface area contributed by atoms with Crippen molar-refractivity contribution in [1.29, 1.82) is 0 Å². The predicted molar refractivity (Wildman–Crippen MR) is 74.7 cm³/mol. The number of hydrogen-bond acceptors (Lipinski definition) is 4. The minimum absolute atomic E-state index is 0.0633. The SMILES string of the molecule is COc1cccc(NC(=O)[C@@H]2[C@@H]3C[C@H]4[C@H]2C(=O)O[C@@H]4C3)c1. The van der Waals surface area contributed by atoms with Gasteiger partial charge in [-0.2, -0.15) is 0 Å². The third-order valence-corrected chi connectivity index (χ3v) is 5.12. The highest BCUT2D eigenvalue weighted by Crippen LogP contribution is 2.57. The number of fused-ring (bicyclic) bond motifs is 1. The summed E-state index contributed by atoms with van der Waals surface area (Å²) >= 11 is 0. The minimum atomic E-state index is -0.243. The van der Waals surface area contributed by atoms with Gasteiger partial charge in [0.25, 0.3) is 0 Å². The van der Waals surface area contributed by atoms with E-state index in [1.165, 1.54) is 0 Å². The Morgan fingerprint density at radius 3 is 3.05 bits per heavy atom. The Morgan fingerprint density at radius 2 is 2.24 bits per heavy atom. The molecule has 0 radical (unpaired) electrons. The van der Waals surface area contributed by atoms with Crippen molar-refractivity contribution in [1.82, 2.24) is 0 Å². The fraction of sp³-hybridized carbons (Fsp3) is 0.500. The number of carbonyl (C=O) groups excluding carboxylic acids is 2. The lowest BCUT2D eigenvalue weighted by Gasteiger charge is -2.23. The summed E-state index contributed by atoms with van der Waals surface area (Å²) in [5.74, 6) is 0.493. The standard InChI is InChI=1S/C16H17NO4/c1-20-10-4-2-3-9(7-10)17-15(18)13-8-5-11-12(6-8)21-16(19)14(11)13/h2-4,7-8,11-14H,5-6H2,1H3,(H,17,18)/t8-,11-,12-,13-,14-/m1/s1. The number of rotatable bonds is 3. The van der Waals surface area contributed by atoms with Crippen molar-refractivity contribution in [3.8, 4) is 5.75 Å². The number of ether oxygens (including phenoxy) is 2. The molecule has 2 bridgehead atoms. The van der Waals surface area contributed by atoms with Crippen LogP contribution in [-0.4, -0.2) is 25.1 Å². The van der Waals surface area contributed by atoms with E-state index in [-0.39, 0.29) is 41.7 Å². The molecule has 1 aromatic rings. The number of anilines is 1. The van der Waals surface area contributed by atoms with Gasteiger partial charge in [0.05, 0.1) is 18.9 Å². The van der Waals surface area contributed by atoms with Gasteiger partial charge in [-0.1, -0.05) is 6.07 Å². The Bertz CT molecular complexity index is 612. The molecule has 3 fully saturated rings. The molecule has 110 valence electrons. The van der Waals surface area contributed by atoms with E-state index in [2.05, 4.69) is 5.32 Å². The van der Waals surface area contributed by atoms with Crippen LogP contribution in [0.3, 0.4) is 0 Å². The monoisotopic (exact) mass is 287 g/mol. The fourth-order valence-corrected chi connectivity index (χ4v) is 4.29. The highest BCUT2D eigenvalue weighted by molar-refractivity contribution is 5.97. The van der Waals surface area contributed by atoms with Crippen LogP contribution in [0.2, 0.25) is 0 Å². The maximum Gasteiger partial charge on any atom is 0.310 e. The van der Waals surface area contributed by atoms with Gasteiger partial charge in [0.2, 0.25) is 5.91 Å². The van der Waals surface area contributed by atoms with Crippen LogP contribution in [-0.2, 0) is 14.3 Å². The van der Waals surface area contributed by atoms with Gasteiger partial charge in [0, 0.05) is 17.7 Å². The number of esters is 1. The van der Waals surface area contributed by atoms with Crippen molar-refractivity contribution in [2.45, 2.75) is 18.9 Å². The molecule has 2 saturated carbocycles. The summed E-state index contributed by atoms with van der Waals surface area (Å²) in [5, 5.41) is 2.92. The first kappa shape index (κ1) is 12.7. The normalized spacial score (nSPS) is 35.7. The number of hydrogen-bond donors (Lipinski definition) is 1. The summed E-state index contributed by atoms with van der Waals surface area (Å²) in [6.45, 7) is 0. The second kappa shape index (κ2) is 4.48. The first-order valence-corrected chi connectivity index (χ1v) is 7.33. The lowest BCUT2D eigenvalue weighted by molar-refractivity contribution is -0.145. The molecule has 1 aliphatic heterocycles. The zero-order valence-electron chi connectivity index (χ0n) is 11.7. The average Bonchev–Trinajstić information content (AvgIpc) is 3.08. The number of methoxy groups -OCH3 is 1. The van der Waals surface area contributed by atoms with Crippen LogP contribution in [0.1, 0.15) is 12.8 Å². The predicted octanol–water partition coefficient (Wildman–Crippen LogP) is 1.83. The number of carbonyl (C=O) groups is 2. The molecule has 3 aliphatic rings. The Kier molecular flexibility index (Phi) is 2.71. The molecule has 2 aliphatic carbocycles. The zero-order chi connectivity index (χ0) is 14.6. The molecule has 1 saturated heterocycles. The Hall–Kier alpha value is -2.04. The lowest BCUT2D eigenvalue weighted by Crippen LogP contribution is -2.35. The number of nitrogens with one attached hydrogen (secondary N) is 1. The van der Waals surface area contributed by atoms with Gasteiger partial charge >= 0.3 is 5.97 Å². The smallest absolute Gasteiger partial charge is 0.310 e. The van der Waals surface area contributed by atoms with Gasteiger partial charge in [-0.05, 0) is 30.9 Å². The fourth-order valence-electron chi connectivity index (χ4n) is 4.29. The van der Waals surface area contributed by atoms with Crippen LogP contribution in [0.15, 0.2) is 24.3 Å². The maximum atomic E-state index is 12.6. The number of amides is 1. The second-order valence-electron chi connectivity index (χ2n) is 6.14. The first-order valence-electron chi connectivity index (χ1n) is 7.33. The maximum absolute atomic E-state index is 12.6. The average molecular weight is 287 g/mol. The van der Waals surface area contributed by atoms with E-state index in [1.807, 2.05) is 18.2 Å². The second-order valence-corrected chi connectivity index (χ2v) is 6.14. The number of benzene rings is 1. The molecular weight excluding hydrogens is 270 g/mol. The molecule has 0 spiro atoms. The Morgan fingerprint density at radius 1 is 1.38 bits per heavy atom. The molecule has 5 heteroatoms. The molecule has 1 aromatic carbocycles. The van der Waals surface area contributed by atoms with Gasteiger partial charge < -0.3 is 14.8 Å². The highest BCUT2D eigenvalue weighted by atomic mass is 16.6. The minimum Gasteiger partial charge on any atom is -0.497 e. The zero-order valence-corrected chi connectivity index (χ0v) is 11.7. The summed E-state index contributed by atoms with van der Waals surface area (Å²) in [6.07, 6.45) is 1.84. The molecule has 21 heavy (non-hydrogen) atoms. The van der Waals surface area contributed by atoms with Crippen molar-refractivity contribution in [3.05, 3.63) is 24.3 Å². The van der Waals surface area contributed by atoms with E-state index in [1.54, 1.807) is 13.2 Å². The van der Waals surface area contributed by atoms with Crippen LogP contribution in [0.5, 0.6) is 5.75 Å². The van der Waals surface area contributed by atoms with E-state index in [4.69, 9.17) is 9.47 Å². The van der Waals surface area contributed by atoms with Gasteiger partial charge in [0.15, 0.2) is 0 Å². The topological polar surface area (TPSA) is 64.6 Å². The largest absolute Gasteiger partial charge is 0.497 e. The van der Waals surface area contributed by atoms with E-state index >= 15 is 0 Å². The van der Waals surface area contributed by atoms with E-state index in [9.17, 15) is 9.59 Å². The van der Waals surface area contributed by atoms with Crippen molar-refractivity contribution < 1.29 is 19.1 Å². The van der Waals surface area contributed by atoms with Crippen LogP contribution < -0.4 is 10.1 Å². The van der Waals surface area contributed by atoms with E-state index in [0.717, 1.165) is 12.8 Å². The van der Waals surface area contributed by atoms with Crippen molar-refractivity contribution in [2.75, 3.05) is 12.4 Å². The van der Waals surface area contributed by atoms with Crippen LogP contribution >= 0.6 is 0 Å². The van der Waals surface area contributed by atoms with Gasteiger partial charge in [-0.25, -0.2) is 0 Å². The lowest BCUT2D eigenvalue weighted by atomic mass is 9.79. The van der Waals surface area contributed by atoms with Crippen molar-refractivity contribution in [3.63, 3.8) is 0 Å². The molecule has 0 aromatic heterocycles. The van der Waals surface area contributed by atoms with Crippen LogP contribution in [0, 0.1) is 23.7 Å². The third kappa shape index (κ3) is 1.83. The molecule has 1 N–H and O–H groups in total. The molecule has 1 heterocycles. The first-order chi connectivity index (χ1) is 10.2. The van der Waals surface area contributed by atoms with Gasteiger partial charge in [-0.15, -0.1) is 0 Å².